The first kappa shape index (κ1) is 30.5. The first-order valence-electron chi connectivity index (χ1n) is 18.3. The molecular weight excluding hydrogens is 663 g/mol. The fraction of sp³-hybridized carbons (Fsp3) is 0.102. The third-order valence-corrected chi connectivity index (χ3v) is 12.4. The van der Waals surface area contributed by atoms with Crippen LogP contribution in [-0.4, -0.2) is 14.5 Å². The molecule has 11 rings (SSSR count). The van der Waals surface area contributed by atoms with Gasteiger partial charge in [0.2, 0.25) is 5.95 Å². The number of para-hydroxylation sites is 1. The van der Waals surface area contributed by atoms with Crippen molar-refractivity contribution in [1.82, 2.24) is 14.5 Å². The van der Waals surface area contributed by atoms with Crippen molar-refractivity contribution in [1.29, 1.82) is 0 Å². The predicted octanol–water partition coefficient (Wildman–Crippen LogP) is 13.8. The van der Waals surface area contributed by atoms with Crippen LogP contribution in [0.3, 0.4) is 0 Å². The van der Waals surface area contributed by atoms with Crippen LogP contribution in [0.15, 0.2) is 140 Å². The van der Waals surface area contributed by atoms with Gasteiger partial charge in [0.25, 0.3) is 0 Å². The second kappa shape index (κ2) is 11.0. The molecular formula is C49H35N3S. The molecule has 0 bridgehead atoms. The molecule has 3 heterocycles. The minimum absolute atomic E-state index is 0.0631. The van der Waals surface area contributed by atoms with Crippen LogP contribution in [0.1, 0.15) is 31.9 Å². The molecule has 0 N–H and O–H groups in total. The minimum Gasteiger partial charge on any atom is -0.276 e. The molecule has 252 valence electrons. The van der Waals surface area contributed by atoms with Crippen molar-refractivity contribution in [2.75, 3.05) is 0 Å². The Balaban J connectivity index is 1.36. The number of nitrogens with zero attached hydrogens (tertiary/aromatic N) is 3. The lowest BCUT2D eigenvalue weighted by atomic mass is 9.86. The molecule has 3 aromatic heterocycles. The number of hydrogen-bond donors (Lipinski definition) is 0. The summed E-state index contributed by atoms with van der Waals surface area (Å²) in [5.41, 5.74) is 7.83. The van der Waals surface area contributed by atoms with E-state index in [1.165, 1.54) is 74.4 Å². The molecule has 0 spiro atoms. The van der Waals surface area contributed by atoms with Gasteiger partial charge in [0.05, 0.1) is 26.9 Å². The van der Waals surface area contributed by atoms with Gasteiger partial charge in [-0.05, 0) is 63.0 Å². The summed E-state index contributed by atoms with van der Waals surface area (Å²) in [6, 6.07) is 51.0. The fourth-order valence-corrected chi connectivity index (χ4v) is 10.1. The largest absolute Gasteiger partial charge is 0.276 e. The van der Waals surface area contributed by atoms with Crippen LogP contribution in [0, 0.1) is 6.92 Å². The summed E-state index contributed by atoms with van der Waals surface area (Å²) in [6.45, 7) is 8.96. The monoisotopic (exact) mass is 697 g/mol. The van der Waals surface area contributed by atoms with Crippen molar-refractivity contribution in [3.8, 4) is 17.2 Å². The van der Waals surface area contributed by atoms with Crippen molar-refractivity contribution >= 4 is 96.5 Å². The summed E-state index contributed by atoms with van der Waals surface area (Å²) < 4.78 is 4.94. The molecule has 0 atom stereocenters. The average molecular weight is 698 g/mol. The van der Waals surface area contributed by atoms with Crippen LogP contribution in [0.25, 0.3) is 102 Å². The normalized spacial score (nSPS) is 12.5. The Morgan fingerprint density at radius 2 is 1.08 bits per heavy atom. The molecule has 0 saturated heterocycles. The third-order valence-electron chi connectivity index (χ3n) is 11.2. The highest BCUT2D eigenvalue weighted by Crippen LogP contribution is 2.51. The molecule has 0 unspecified atom stereocenters. The van der Waals surface area contributed by atoms with E-state index in [0.717, 1.165) is 33.2 Å². The maximum absolute atomic E-state index is 5.53. The SMILES string of the molecule is Cc1ccc2c(c1)c1c3ccccc3c3c(sc4c5ccccc5c5ccccc5c43)c1n2-c1nc(-c2ccc(C(C)(C)C)cc2)c2ccccc2n1. The fourth-order valence-electron chi connectivity index (χ4n) is 8.69. The number of rotatable bonds is 2. The third kappa shape index (κ3) is 4.33. The zero-order valence-electron chi connectivity index (χ0n) is 30.0. The summed E-state index contributed by atoms with van der Waals surface area (Å²) in [7, 11) is 0. The van der Waals surface area contributed by atoms with Gasteiger partial charge >= 0.3 is 0 Å². The Hall–Kier alpha value is -6.10. The van der Waals surface area contributed by atoms with Crippen molar-refractivity contribution < 1.29 is 0 Å². The molecule has 3 nitrogen and oxygen atoms in total. The number of thiophene rings is 1. The summed E-state index contributed by atoms with van der Waals surface area (Å²) >= 11 is 1.91. The van der Waals surface area contributed by atoms with E-state index in [1.54, 1.807) is 0 Å². The van der Waals surface area contributed by atoms with E-state index in [9.17, 15) is 0 Å². The van der Waals surface area contributed by atoms with Gasteiger partial charge in [-0.15, -0.1) is 11.3 Å². The summed E-state index contributed by atoms with van der Waals surface area (Å²) in [5, 5.41) is 13.8. The van der Waals surface area contributed by atoms with Gasteiger partial charge in [-0.2, -0.15) is 0 Å². The van der Waals surface area contributed by atoms with Gasteiger partial charge in [0.15, 0.2) is 0 Å². The molecule has 0 amide bonds. The number of hydrogen-bond acceptors (Lipinski definition) is 3. The quantitative estimate of drug-likeness (QED) is 0.168. The van der Waals surface area contributed by atoms with Gasteiger partial charge in [-0.25, -0.2) is 9.97 Å². The van der Waals surface area contributed by atoms with Gasteiger partial charge in [-0.1, -0.05) is 148 Å². The zero-order chi connectivity index (χ0) is 35.6. The summed E-state index contributed by atoms with van der Waals surface area (Å²) in [5.74, 6) is 0.686. The molecule has 8 aromatic carbocycles. The van der Waals surface area contributed by atoms with E-state index >= 15 is 0 Å². The van der Waals surface area contributed by atoms with Crippen LogP contribution >= 0.6 is 11.3 Å². The lowest BCUT2D eigenvalue weighted by molar-refractivity contribution is 0.590. The average Bonchev–Trinajstić information content (AvgIpc) is 3.75. The Morgan fingerprint density at radius 3 is 1.77 bits per heavy atom. The lowest BCUT2D eigenvalue weighted by Crippen LogP contribution is -2.10. The maximum atomic E-state index is 5.53. The second-order valence-corrected chi connectivity index (χ2v) is 16.5. The summed E-state index contributed by atoms with van der Waals surface area (Å²) in [6.07, 6.45) is 0. The molecule has 53 heavy (non-hydrogen) atoms. The number of aryl methyl sites for hydroxylation is 1. The van der Waals surface area contributed by atoms with E-state index in [-0.39, 0.29) is 5.41 Å². The minimum atomic E-state index is 0.0631. The number of aromatic nitrogens is 3. The highest BCUT2D eigenvalue weighted by atomic mass is 32.1. The molecule has 0 aliphatic heterocycles. The standard InChI is InChI=1S/C49H35N3S/c1-28-21-26-40-38(27-28)41-34-16-8-9-17-35(34)43-42-33-15-7-5-13-31(33)32-14-6-10-18-36(32)46(42)53-47(43)45(41)52(40)48-50-39-20-12-11-19-37(39)44(51-48)29-22-24-30(25-23-29)49(2,3)4/h5-27H,1-4H3. The van der Waals surface area contributed by atoms with Gasteiger partial charge in [-0.3, -0.25) is 4.57 Å². The number of benzene rings is 8. The van der Waals surface area contributed by atoms with Crippen LogP contribution in [0.5, 0.6) is 0 Å². The van der Waals surface area contributed by atoms with Crippen molar-refractivity contribution in [3.63, 3.8) is 0 Å². The van der Waals surface area contributed by atoms with Gasteiger partial charge in [0, 0.05) is 42.6 Å². The molecule has 4 heteroatoms. The Kier molecular flexibility index (Phi) is 6.31. The molecule has 0 saturated carbocycles. The van der Waals surface area contributed by atoms with Crippen molar-refractivity contribution in [2.24, 2.45) is 0 Å². The highest BCUT2D eigenvalue weighted by Gasteiger charge is 2.25. The van der Waals surface area contributed by atoms with E-state index in [0.29, 0.717) is 5.95 Å². The number of fused-ring (bicyclic) bond motifs is 16. The Morgan fingerprint density at radius 1 is 0.509 bits per heavy atom. The molecule has 0 aliphatic carbocycles. The smallest absolute Gasteiger partial charge is 0.235 e. The first-order valence-corrected chi connectivity index (χ1v) is 19.2. The van der Waals surface area contributed by atoms with E-state index < -0.39 is 0 Å². The van der Waals surface area contributed by atoms with Gasteiger partial charge in [0.1, 0.15) is 0 Å². The van der Waals surface area contributed by atoms with Gasteiger partial charge < -0.3 is 0 Å². The molecule has 0 radical (unpaired) electrons. The second-order valence-electron chi connectivity index (χ2n) is 15.4. The zero-order valence-corrected chi connectivity index (χ0v) is 30.8. The summed E-state index contributed by atoms with van der Waals surface area (Å²) in [4.78, 5) is 10.9. The van der Waals surface area contributed by atoms with E-state index in [2.05, 4.69) is 172 Å². The van der Waals surface area contributed by atoms with E-state index in [1.807, 2.05) is 11.3 Å². The Bertz CT molecular complexity index is 3320. The Labute approximate surface area is 310 Å². The maximum Gasteiger partial charge on any atom is 0.235 e. The van der Waals surface area contributed by atoms with E-state index in [4.69, 9.17) is 9.97 Å². The van der Waals surface area contributed by atoms with Crippen molar-refractivity contribution in [3.05, 3.63) is 151 Å². The van der Waals surface area contributed by atoms with Crippen LogP contribution in [0.2, 0.25) is 0 Å². The van der Waals surface area contributed by atoms with Crippen LogP contribution in [0.4, 0.5) is 0 Å². The highest BCUT2D eigenvalue weighted by molar-refractivity contribution is 7.28. The molecule has 11 aromatic rings. The first-order chi connectivity index (χ1) is 25.8. The van der Waals surface area contributed by atoms with Crippen LogP contribution < -0.4 is 0 Å². The molecule has 0 fully saturated rings. The lowest BCUT2D eigenvalue weighted by Gasteiger charge is -2.19. The topological polar surface area (TPSA) is 30.7 Å². The van der Waals surface area contributed by atoms with Crippen molar-refractivity contribution in [2.45, 2.75) is 33.1 Å². The molecule has 0 aliphatic rings. The predicted molar refractivity (Wildman–Crippen MR) is 228 cm³/mol. The van der Waals surface area contributed by atoms with Crippen LogP contribution in [-0.2, 0) is 5.41 Å².